The van der Waals surface area contributed by atoms with Crippen molar-refractivity contribution in [3.63, 3.8) is 0 Å². The quantitative estimate of drug-likeness (QED) is 0.609. The SMILES string of the molecule is COC1=CC(C(CC#N)c2ccc3ncc(-c4cnn(C)c4)cc3c2)=CC(OC)C1. The van der Waals surface area contributed by atoms with Gasteiger partial charge in [0.15, 0.2) is 0 Å². The Bertz CT molecular complexity index is 1170. The van der Waals surface area contributed by atoms with E-state index in [0.29, 0.717) is 12.8 Å². The van der Waals surface area contributed by atoms with Crippen LogP contribution in [0.4, 0.5) is 0 Å². The third kappa shape index (κ3) is 3.98. The molecule has 0 N–H and O–H groups in total. The summed E-state index contributed by atoms with van der Waals surface area (Å²) in [6.07, 6.45) is 10.8. The molecule has 2 aromatic heterocycles. The van der Waals surface area contributed by atoms with Crippen LogP contribution in [0.1, 0.15) is 24.3 Å². The molecule has 1 aliphatic rings. The van der Waals surface area contributed by atoms with E-state index in [9.17, 15) is 5.26 Å². The maximum atomic E-state index is 9.50. The van der Waals surface area contributed by atoms with Gasteiger partial charge in [-0.15, -0.1) is 0 Å². The molecule has 2 heterocycles. The molecule has 0 amide bonds. The van der Waals surface area contributed by atoms with Gasteiger partial charge in [-0.25, -0.2) is 0 Å². The highest BCUT2D eigenvalue weighted by atomic mass is 16.5. The van der Waals surface area contributed by atoms with Crippen LogP contribution in [0.5, 0.6) is 0 Å². The largest absolute Gasteiger partial charge is 0.501 e. The van der Waals surface area contributed by atoms with E-state index in [2.05, 4.69) is 40.4 Å². The highest BCUT2D eigenvalue weighted by Crippen LogP contribution is 2.35. The van der Waals surface area contributed by atoms with Crippen LogP contribution in [-0.2, 0) is 16.5 Å². The minimum atomic E-state index is -0.0652. The van der Waals surface area contributed by atoms with Crippen LogP contribution in [0, 0.1) is 11.3 Å². The molecule has 0 saturated heterocycles. The first-order valence-electron chi connectivity index (χ1n) is 9.86. The normalized spacial score (nSPS) is 17.2. The van der Waals surface area contributed by atoms with Gasteiger partial charge in [-0.1, -0.05) is 12.1 Å². The average Bonchev–Trinajstić information content (AvgIpc) is 3.22. The van der Waals surface area contributed by atoms with E-state index in [1.165, 1.54) is 0 Å². The van der Waals surface area contributed by atoms with Crippen molar-refractivity contribution in [2.45, 2.75) is 24.9 Å². The number of aromatic nitrogens is 3. The number of benzene rings is 1. The zero-order valence-electron chi connectivity index (χ0n) is 17.4. The molecule has 0 aliphatic heterocycles. The van der Waals surface area contributed by atoms with Crippen LogP contribution in [0.3, 0.4) is 0 Å². The average molecular weight is 400 g/mol. The predicted octanol–water partition coefficient (Wildman–Crippen LogP) is 4.51. The minimum Gasteiger partial charge on any atom is -0.501 e. The Kier molecular flexibility index (Phi) is 5.64. The summed E-state index contributed by atoms with van der Waals surface area (Å²) in [6, 6.07) is 10.7. The van der Waals surface area contributed by atoms with E-state index < -0.39 is 0 Å². The Morgan fingerprint density at radius 1 is 1.23 bits per heavy atom. The summed E-state index contributed by atoms with van der Waals surface area (Å²) in [7, 11) is 5.26. The lowest BCUT2D eigenvalue weighted by Crippen LogP contribution is -2.16. The number of nitriles is 1. The van der Waals surface area contributed by atoms with Gasteiger partial charge in [-0.05, 0) is 35.4 Å². The van der Waals surface area contributed by atoms with Gasteiger partial charge in [0.25, 0.3) is 0 Å². The molecule has 0 bridgehead atoms. The van der Waals surface area contributed by atoms with E-state index >= 15 is 0 Å². The smallest absolute Gasteiger partial charge is 0.0987 e. The second-order valence-corrected chi connectivity index (χ2v) is 7.45. The van der Waals surface area contributed by atoms with Crippen molar-refractivity contribution in [1.82, 2.24) is 14.8 Å². The first-order valence-corrected chi connectivity index (χ1v) is 9.86. The number of hydrogen-bond donors (Lipinski definition) is 0. The molecule has 0 radical (unpaired) electrons. The zero-order chi connectivity index (χ0) is 21.1. The van der Waals surface area contributed by atoms with Crippen LogP contribution in [0.2, 0.25) is 0 Å². The molecule has 152 valence electrons. The Morgan fingerprint density at radius 2 is 2.10 bits per heavy atom. The number of methoxy groups -OCH3 is 2. The van der Waals surface area contributed by atoms with Crippen molar-refractivity contribution in [1.29, 1.82) is 5.26 Å². The fourth-order valence-electron chi connectivity index (χ4n) is 3.89. The van der Waals surface area contributed by atoms with Gasteiger partial charge in [0.1, 0.15) is 0 Å². The molecule has 2 unspecified atom stereocenters. The summed E-state index contributed by atoms with van der Waals surface area (Å²) in [5, 5.41) is 14.8. The van der Waals surface area contributed by atoms with Gasteiger partial charge in [0.2, 0.25) is 0 Å². The maximum Gasteiger partial charge on any atom is 0.0987 e. The standard InChI is InChI=1S/C24H24N4O2/c1-28-15-20(14-27-28)19-9-18-8-16(4-5-24(18)26-13-19)23(6-7-25)17-10-21(29-2)12-22(11-17)30-3/h4-5,8-11,13-15,21,23H,6,12H2,1-3H3. The van der Waals surface area contributed by atoms with Crippen molar-refractivity contribution in [3.05, 3.63) is 71.9 Å². The van der Waals surface area contributed by atoms with Crippen LogP contribution < -0.4 is 0 Å². The summed E-state index contributed by atoms with van der Waals surface area (Å²) in [5.74, 6) is 0.799. The minimum absolute atomic E-state index is 0.0551. The molecule has 0 saturated carbocycles. The Balaban J connectivity index is 1.76. The van der Waals surface area contributed by atoms with E-state index in [4.69, 9.17) is 9.47 Å². The summed E-state index contributed by atoms with van der Waals surface area (Å²) in [5.41, 5.74) is 5.08. The van der Waals surface area contributed by atoms with Crippen LogP contribution >= 0.6 is 0 Å². The van der Waals surface area contributed by atoms with Crippen molar-refractivity contribution >= 4 is 10.9 Å². The number of aryl methyl sites for hydroxylation is 1. The second-order valence-electron chi connectivity index (χ2n) is 7.45. The number of rotatable bonds is 6. The number of allylic oxidation sites excluding steroid dienone is 2. The fraction of sp³-hybridized carbons (Fsp3) is 0.292. The van der Waals surface area contributed by atoms with Gasteiger partial charge in [-0.3, -0.25) is 9.67 Å². The lowest BCUT2D eigenvalue weighted by Gasteiger charge is -2.24. The molecule has 6 nitrogen and oxygen atoms in total. The first kappa shape index (κ1) is 19.9. The van der Waals surface area contributed by atoms with Gasteiger partial charge in [0.05, 0.1) is 36.8 Å². The van der Waals surface area contributed by atoms with E-state index in [1.54, 1.807) is 18.9 Å². The monoisotopic (exact) mass is 400 g/mol. The maximum absolute atomic E-state index is 9.50. The number of fused-ring (bicyclic) bond motifs is 1. The molecule has 30 heavy (non-hydrogen) atoms. The fourth-order valence-corrected chi connectivity index (χ4v) is 3.89. The lowest BCUT2D eigenvalue weighted by atomic mass is 9.84. The topological polar surface area (TPSA) is 73.0 Å². The van der Waals surface area contributed by atoms with Crippen molar-refractivity contribution < 1.29 is 9.47 Å². The zero-order valence-corrected chi connectivity index (χ0v) is 17.4. The molecule has 0 spiro atoms. The molecule has 4 rings (SSSR count). The molecular weight excluding hydrogens is 376 g/mol. The molecule has 2 atom stereocenters. The van der Waals surface area contributed by atoms with Crippen molar-refractivity contribution in [3.8, 4) is 17.2 Å². The molecule has 1 aromatic carbocycles. The predicted molar refractivity (Wildman–Crippen MR) is 116 cm³/mol. The Labute approximate surface area is 176 Å². The summed E-state index contributed by atoms with van der Waals surface area (Å²) in [6.45, 7) is 0. The van der Waals surface area contributed by atoms with Gasteiger partial charge >= 0.3 is 0 Å². The molecule has 1 aliphatic carbocycles. The number of hydrogen-bond acceptors (Lipinski definition) is 5. The van der Waals surface area contributed by atoms with E-state index in [-0.39, 0.29) is 12.0 Å². The third-order valence-corrected chi connectivity index (χ3v) is 5.52. The van der Waals surface area contributed by atoms with Crippen molar-refractivity contribution in [2.75, 3.05) is 14.2 Å². The molecule has 3 aromatic rings. The molecule has 6 heteroatoms. The lowest BCUT2D eigenvalue weighted by molar-refractivity contribution is 0.120. The van der Waals surface area contributed by atoms with E-state index in [0.717, 1.165) is 38.9 Å². The second kappa shape index (κ2) is 8.52. The molecular formula is C24H24N4O2. The van der Waals surface area contributed by atoms with Crippen LogP contribution in [-0.4, -0.2) is 35.1 Å². The summed E-state index contributed by atoms with van der Waals surface area (Å²) < 4.78 is 12.8. The third-order valence-electron chi connectivity index (χ3n) is 5.52. The van der Waals surface area contributed by atoms with Gasteiger partial charge in [-0.2, -0.15) is 10.4 Å². The van der Waals surface area contributed by atoms with Gasteiger partial charge in [0, 0.05) is 61.8 Å². The number of nitrogens with zero attached hydrogens (tertiary/aromatic N) is 4. The number of ether oxygens (including phenoxy) is 2. The number of pyridine rings is 1. The van der Waals surface area contributed by atoms with Crippen LogP contribution in [0.25, 0.3) is 22.0 Å². The first-order chi connectivity index (χ1) is 14.6. The van der Waals surface area contributed by atoms with Crippen LogP contribution in [0.15, 0.2) is 66.3 Å². The highest BCUT2D eigenvalue weighted by Gasteiger charge is 2.23. The Hall–Kier alpha value is -3.43. The highest BCUT2D eigenvalue weighted by molar-refractivity contribution is 5.84. The summed E-state index contributed by atoms with van der Waals surface area (Å²) >= 11 is 0. The summed E-state index contributed by atoms with van der Waals surface area (Å²) in [4.78, 5) is 4.61. The Morgan fingerprint density at radius 3 is 2.80 bits per heavy atom. The van der Waals surface area contributed by atoms with Crippen molar-refractivity contribution in [2.24, 2.45) is 7.05 Å². The van der Waals surface area contributed by atoms with E-state index in [1.807, 2.05) is 37.8 Å². The van der Waals surface area contributed by atoms with Gasteiger partial charge < -0.3 is 9.47 Å². The molecule has 0 fully saturated rings.